The molecule has 0 fully saturated rings. The molecule has 0 saturated carbocycles. The normalized spacial score (nSPS) is 12.4. The Morgan fingerprint density at radius 1 is 1.03 bits per heavy atom. The number of hydrazone groups is 1. The highest BCUT2D eigenvalue weighted by atomic mass is 35.5. The maximum absolute atomic E-state index is 12.3. The third kappa shape index (κ3) is 5.48. The molecule has 1 atom stereocenters. The maximum Gasteiger partial charge on any atom is 0.202 e. The van der Waals surface area contributed by atoms with E-state index in [4.69, 9.17) is 11.6 Å². The Balaban J connectivity index is 1.71. The predicted octanol–water partition coefficient (Wildman–Crippen LogP) is 5.11. The molecule has 1 aromatic heterocycles. The van der Waals surface area contributed by atoms with Gasteiger partial charge in [0.05, 0.1) is 5.69 Å². The molecule has 0 radical (unpaired) electrons. The summed E-state index contributed by atoms with van der Waals surface area (Å²) in [6.07, 6.45) is -1.00. The molecule has 2 N–H and O–H groups in total. The SMILES string of the molecule is CC(=O)/C(=N\Nc1cccc(Cl)c1)Sc1nnc(C(O)c2ccccc2)n1-c1ccccc1. The van der Waals surface area contributed by atoms with E-state index in [0.29, 0.717) is 27.3 Å². The van der Waals surface area contributed by atoms with Crippen molar-refractivity contribution in [2.24, 2.45) is 5.10 Å². The van der Waals surface area contributed by atoms with Gasteiger partial charge in [0.2, 0.25) is 5.16 Å². The quantitative estimate of drug-likeness (QED) is 0.166. The highest BCUT2D eigenvalue weighted by Crippen LogP contribution is 2.29. The summed E-state index contributed by atoms with van der Waals surface area (Å²) < 4.78 is 1.72. The Labute approximate surface area is 200 Å². The summed E-state index contributed by atoms with van der Waals surface area (Å²) in [7, 11) is 0. The van der Waals surface area contributed by atoms with E-state index in [2.05, 4.69) is 20.7 Å². The number of aliphatic hydroxyl groups is 1. The van der Waals surface area contributed by atoms with Gasteiger partial charge in [-0.15, -0.1) is 10.2 Å². The van der Waals surface area contributed by atoms with Crippen LogP contribution in [0.1, 0.15) is 24.4 Å². The summed E-state index contributed by atoms with van der Waals surface area (Å²) in [6.45, 7) is 1.43. The second-order valence-corrected chi connectivity index (χ2v) is 8.41. The van der Waals surface area contributed by atoms with Gasteiger partial charge in [0.15, 0.2) is 16.7 Å². The number of carbonyl (C=O) groups is 1. The number of Topliss-reactive ketones (excluding diaryl/α,β-unsaturated/α-hetero) is 1. The summed E-state index contributed by atoms with van der Waals surface area (Å²) in [5, 5.41) is 24.9. The van der Waals surface area contributed by atoms with Crippen molar-refractivity contribution in [3.05, 3.63) is 101 Å². The number of ketones is 1. The Bertz CT molecular complexity index is 1280. The van der Waals surface area contributed by atoms with Crippen LogP contribution in [-0.4, -0.2) is 30.7 Å². The van der Waals surface area contributed by atoms with Crippen LogP contribution in [0.5, 0.6) is 0 Å². The van der Waals surface area contributed by atoms with Crippen molar-refractivity contribution in [3.63, 3.8) is 0 Å². The van der Waals surface area contributed by atoms with E-state index in [9.17, 15) is 9.90 Å². The average Bonchev–Trinajstić information content (AvgIpc) is 3.25. The molecule has 3 aromatic carbocycles. The van der Waals surface area contributed by atoms with E-state index >= 15 is 0 Å². The number of anilines is 1. The topological polar surface area (TPSA) is 92.4 Å². The fourth-order valence-corrected chi connectivity index (χ4v) is 4.03. The number of nitrogens with one attached hydrogen (secondary N) is 1. The molecule has 0 aliphatic carbocycles. The standard InChI is InChI=1S/C24H20ClN5O2S/c1-16(31)23(28-26-19-12-8-11-18(25)15-19)33-24-29-27-22(21(32)17-9-4-2-5-10-17)30(24)20-13-6-3-7-14-20/h2-15,21,26,32H,1H3/b28-23+. The fraction of sp³-hybridized carbons (Fsp3) is 0.0833. The highest BCUT2D eigenvalue weighted by Gasteiger charge is 2.24. The van der Waals surface area contributed by atoms with Crippen LogP contribution in [0.3, 0.4) is 0 Å². The lowest BCUT2D eigenvalue weighted by molar-refractivity contribution is -0.110. The van der Waals surface area contributed by atoms with Gasteiger partial charge in [-0.2, -0.15) is 5.10 Å². The van der Waals surface area contributed by atoms with Crippen molar-refractivity contribution in [3.8, 4) is 5.69 Å². The molecule has 1 unspecified atom stereocenters. The third-order valence-electron chi connectivity index (χ3n) is 4.63. The monoisotopic (exact) mass is 477 g/mol. The minimum Gasteiger partial charge on any atom is -0.380 e. The van der Waals surface area contributed by atoms with Gasteiger partial charge in [-0.3, -0.25) is 14.8 Å². The Morgan fingerprint density at radius 3 is 2.39 bits per heavy atom. The zero-order chi connectivity index (χ0) is 23.2. The zero-order valence-electron chi connectivity index (χ0n) is 17.6. The molecule has 0 aliphatic rings. The first-order chi connectivity index (χ1) is 16.0. The van der Waals surface area contributed by atoms with Gasteiger partial charge >= 0.3 is 0 Å². The van der Waals surface area contributed by atoms with Crippen LogP contribution >= 0.6 is 23.4 Å². The second-order valence-electron chi connectivity index (χ2n) is 7.02. The molecule has 4 rings (SSSR count). The summed E-state index contributed by atoms with van der Waals surface area (Å²) in [4.78, 5) is 12.3. The predicted molar refractivity (Wildman–Crippen MR) is 131 cm³/mol. The number of nitrogens with zero attached hydrogens (tertiary/aromatic N) is 4. The number of aromatic nitrogens is 3. The van der Waals surface area contributed by atoms with Gasteiger partial charge in [0.25, 0.3) is 0 Å². The van der Waals surface area contributed by atoms with Gasteiger partial charge in [-0.1, -0.05) is 66.2 Å². The molecule has 9 heteroatoms. The minimum atomic E-state index is -1.00. The third-order valence-corrected chi connectivity index (χ3v) is 5.89. The van der Waals surface area contributed by atoms with Crippen LogP contribution in [0.15, 0.2) is 95.2 Å². The molecule has 0 bridgehead atoms. The Kier molecular flexibility index (Phi) is 7.19. The molecule has 166 valence electrons. The summed E-state index contributed by atoms with van der Waals surface area (Å²) in [5.41, 5.74) is 4.93. The van der Waals surface area contributed by atoms with Gasteiger partial charge < -0.3 is 5.11 Å². The van der Waals surface area contributed by atoms with Gasteiger partial charge in [0.1, 0.15) is 6.10 Å². The Morgan fingerprint density at radius 2 is 1.73 bits per heavy atom. The second kappa shape index (κ2) is 10.4. The van der Waals surface area contributed by atoms with Crippen LogP contribution in [0.25, 0.3) is 5.69 Å². The highest BCUT2D eigenvalue weighted by molar-refractivity contribution is 8.15. The number of hydrogen-bond donors (Lipinski definition) is 2. The average molecular weight is 478 g/mol. The van der Waals surface area contributed by atoms with Crippen molar-refractivity contribution in [1.29, 1.82) is 0 Å². The van der Waals surface area contributed by atoms with Crippen LogP contribution in [0.2, 0.25) is 5.02 Å². The lowest BCUT2D eigenvalue weighted by atomic mass is 10.1. The first-order valence-corrected chi connectivity index (χ1v) is 11.2. The van der Waals surface area contributed by atoms with Crippen LogP contribution < -0.4 is 5.43 Å². The van der Waals surface area contributed by atoms with Crippen molar-refractivity contribution in [1.82, 2.24) is 14.8 Å². The van der Waals surface area contributed by atoms with Gasteiger partial charge in [0, 0.05) is 17.6 Å². The molecule has 4 aromatic rings. The number of carbonyl (C=O) groups excluding carboxylic acids is 1. The molecular formula is C24H20ClN5O2S. The largest absolute Gasteiger partial charge is 0.380 e. The zero-order valence-corrected chi connectivity index (χ0v) is 19.2. The number of thioether (sulfide) groups is 1. The molecule has 7 nitrogen and oxygen atoms in total. The molecule has 0 saturated heterocycles. The van der Waals surface area contributed by atoms with Crippen molar-refractivity contribution in [2.75, 3.05) is 5.43 Å². The fourth-order valence-electron chi connectivity index (χ4n) is 3.06. The van der Waals surface area contributed by atoms with Crippen molar-refractivity contribution in [2.45, 2.75) is 18.2 Å². The number of aliphatic hydroxyl groups excluding tert-OH is 1. The van der Waals surface area contributed by atoms with Crippen LogP contribution in [0.4, 0.5) is 5.69 Å². The van der Waals surface area contributed by atoms with Crippen LogP contribution in [-0.2, 0) is 4.79 Å². The lowest BCUT2D eigenvalue weighted by Crippen LogP contribution is -2.12. The first-order valence-electron chi connectivity index (χ1n) is 10.0. The maximum atomic E-state index is 12.3. The van der Waals surface area contributed by atoms with E-state index in [-0.39, 0.29) is 10.8 Å². The summed E-state index contributed by atoms with van der Waals surface area (Å²) >= 11 is 7.08. The molecule has 0 amide bonds. The number of para-hydroxylation sites is 1. The first kappa shape index (κ1) is 22.7. The molecule has 0 aliphatic heterocycles. The summed E-state index contributed by atoms with van der Waals surface area (Å²) in [5.74, 6) is 0.0860. The number of rotatable bonds is 7. The van der Waals surface area contributed by atoms with E-state index < -0.39 is 6.10 Å². The van der Waals surface area contributed by atoms with E-state index in [0.717, 1.165) is 17.4 Å². The van der Waals surface area contributed by atoms with Gasteiger partial charge in [-0.05, 0) is 47.7 Å². The summed E-state index contributed by atoms with van der Waals surface area (Å²) in [6, 6.07) is 25.6. The molecule has 1 heterocycles. The van der Waals surface area contributed by atoms with E-state index in [1.54, 1.807) is 28.8 Å². The van der Waals surface area contributed by atoms with Crippen molar-refractivity contribution < 1.29 is 9.90 Å². The smallest absolute Gasteiger partial charge is 0.202 e. The van der Waals surface area contributed by atoms with Crippen molar-refractivity contribution >= 4 is 39.9 Å². The lowest BCUT2D eigenvalue weighted by Gasteiger charge is -2.14. The van der Waals surface area contributed by atoms with E-state index in [1.807, 2.05) is 60.7 Å². The van der Waals surface area contributed by atoms with Gasteiger partial charge in [-0.25, -0.2) is 0 Å². The minimum absolute atomic E-state index is 0.181. The number of hydrogen-bond acceptors (Lipinski definition) is 7. The van der Waals surface area contributed by atoms with Crippen LogP contribution in [0, 0.1) is 0 Å². The molecule has 0 spiro atoms. The molecule has 33 heavy (non-hydrogen) atoms. The number of benzene rings is 3. The number of halogens is 1. The van der Waals surface area contributed by atoms with E-state index in [1.165, 1.54) is 6.92 Å². The Hall–Kier alpha value is -3.46. The molecular weight excluding hydrogens is 458 g/mol.